The summed E-state index contributed by atoms with van der Waals surface area (Å²) in [5.74, 6) is -3.59. The topological polar surface area (TPSA) is 185 Å². The van der Waals surface area contributed by atoms with Crippen molar-refractivity contribution in [3.05, 3.63) is 0 Å². The molecule has 1 heterocycles. The molecule has 4 amide bonds. The Labute approximate surface area is 175 Å². The molecule has 11 nitrogen and oxygen atoms in total. The second-order valence-electron chi connectivity index (χ2n) is 7.74. The maximum absolute atomic E-state index is 12.7. The van der Waals surface area contributed by atoms with Gasteiger partial charge in [-0.1, -0.05) is 20.3 Å². The summed E-state index contributed by atoms with van der Waals surface area (Å²) < 4.78 is 0. The van der Waals surface area contributed by atoms with Gasteiger partial charge in [-0.25, -0.2) is 4.79 Å². The maximum Gasteiger partial charge on any atom is 0.326 e. The second-order valence-corrected chi connectivity index (χ2v) is 7.74. The third-order valence-electron chi connectivity index (χ3n) is 5.42. The molecule has 0 aromatic rings. The smallest absolute Gasteiger partial charge is 0.326 e. The Morgan fingerprint density at radius 3 is 2.30 bits per heavy atom. The highest BCUT2D eigenvalue weighted by Gasteiger charge is 2.37. The van der Waals surface area contributed by atoms with Crippen LogP contribution < -0.4 is 22.1 Å². The lowest BCUT2D eigenvalue weighted by atomic mass is 9.98. The van der Waals surface area contributed by atoms with Crippen molar-refractivity contribution < 1.29 is 29.1 Å². The Hall–Kier alpha value is -2.69. The summed E-state index contributed by atoms with van der Waals surface area (Å²) in [7, 11) is 0. The summed E-state index contributed by atoms with van der Waals surface area (Å²) >= 11 is 0. The van der Waals surface area contributed by atoms with Crippen molar-refractivity contribution in [2.24, 2.45) is 17.4 Å². The van der Waals surface area contributed by atoms with Gasteiger partial charge < -0.3 is 32.1 Å². The highest BCUT2D eigenvalue weighted by molar-refractivity contribution is 5.94. The number of nitrogens with zero attached hydrogens (tertiary/aromatic N) is 1. The molecule has 0 aromatic carbocycles. The summed E-state index contributed by atoms with van der Waals surface area (Å²) in [6.07, 6.45) is 1.38. The van der Waals surface area contributed by atoms with Crippen molar-refractivity contribution in [1.82, 2.24) is 15.5 Å². The number of carbonyl (C=O) groups excluding carboxylic acids is 4. The van der Waals surface area contributed by atoms with E-state index < -0.39 is 53.8 Å². The summed E-state index contributed by atoms with van der Waals surface area (Å²) in [4.78, 5) is 61.3. The van der Waals surface area contributed by atoms with Crippen LogP contribution in [-0.4, -0.2) is 70.3 Å². The van der Waals surface area contributed by atoms with Gasteiger partial charge in [0.05, 0.1) is 6.04 Å². The molecule has 7 N–H and O–H groups in total. The Kier molecular flexibility index (Phi) is 9.70. The van der Waals surface area contributed by atoms with Gasteiger partial charge in [0.1, 0.15) is 18.1 Å². The average molecular weight is 428 g/mol. The van der Waals surface area contributed by atoms with Crippen LogP contribution in [0.1, 0.15) is 52.9 Å². The Balaban J connectivity index is 2.82. The fourth-order valence-corrected chi connectivity index (χ4v) is 3.25. The van der Waals surface area contributed by atoms with Gasteiger partial charge in [-0.05, 0) is 32.1 Å². The number of hydrogen-bond acceptors (Lipinski definition) is 6. The molecule has 1 fully saturated rings. The molecule has 0 radical (unpaired) electrons. The van der Waals surface area contributed by atoms with Crippen molar-refractivity contribution in [2.45, 2.75) is 77.0 Å². The number of nitrogens with one attached hydrogen (secondary N) is 2. The van der Waals surface area contributed by atoms with E-state index in [9.17, 15) is 29.1 Å². The molecule has 0 aliphatic carbocycles. The van der Waals surface area contributed by atoms with E-state index in [1.807, 2.05) is 6.92 Å². The van der Waals surface area contributed by atoms with Crippen LogP contribution in [0.25, 0.3) is 0 Å². The first kappa shape index (κ1) is 25.3. The Bertz CT molecular complexity index is 670. The SMILES string of the molecule is CCC(C)C(N)C(=O)NC(CCC(N)=O)C(=O)NC(C)C(=O)N1CCCC1C(=O)O. The molecule has 0 bridgehead atoms. The molecule has 1 aliphatic rings. The van der Waals surface area contributed by atoms with Crippen LogP contribution in [0, 0.1) is 5.92 Å². The predicted molar refractivity (Wildman–Crippen MR) is 108 cm³/mol. The van der Waals surface area contributed by atoms with E-state index in [4.69, 9.17) is 11.5 Å². The van der Waals surface area contributed by atoms with E-state index in [1.165, 1.54) is 11.8 Å². The zero-order chi connectivity index (χ0) is 23.0. The molecule has 0 aromatic heterocycles. The van der Waals surface area contributed by atoms with Crippen molar-refractivity contribution >= 4 is 29.6 Å². The first-order valence-corrected chi connectivity index (χ1v) is 10.2. The lowest BCUT2D eigenvalue weighted by molar-refractivity contribution is -0.149. The van der Waals surface area contributed by atoms with Gasteiger partial charge in [-0.3, -0.25) is 19.2 Å². The number of primary amides is 1. The molecule has 1 rings (SSSR count). The molecular formula is C19H33N5O6. The van der Waals surface area contributed by atoms with Crippen LogP contribution in [0.3, 0.4) is 0 Å². The Morgan fingerprint density at radius 1 is 1.13 bits per heavy atom. The average Bonchev–Trinajstić information content (AvgIpc) is 3.18. The number of hydrogen-bond donors (Lipinski definition) is 5. The van der Waals surface area contributed by atoms with Gasteiger partial charge in [-0.2, -0.15) is 0 Å². The van der Waals surface area contributed by atoms with E-state index in [-0.39, 0.29) is 18.8 Å². The minimum absolute atomic E-state index is 0.0531. The number of likely N-dealkylation sites (tertiary alicyclic amines) is 1. The molecule has 5 atom stereocenters. The molecule has 170 valence electrons. The van der Waals surface area contributed by atoms with Crippen LogP contribution in [-0.2, 0) is 24.0 Å². The third kappa shape index (κ3) is 6.97. The lowest BCUT2D eigenvalue weighted by Crippen LogP contribution is -2.57. The normalized spacial score (nSPS) is 20.0. The number of nitrogens with two attached hydrogens (primary N) is 2. The lowest BCUT2D eigenvalue weighted by Gasteiger charge is -2.27. The minimum Gasteiger partial charge on any atom is -0.480 e. The van der Waals surface area contributed by atoms with E-state index >= 15 is 0 Å². The van der Waals surface area contributed by atoms with E-state index in [0.717, 1.165) is 0 Å². The van der Waals surface area contributed by atoms with Gasteiger partial charge in [0, 0.05) is 13.0 Å². The number of carboxylic acids is 1. The van der Waals surface area contributed by atoms with Gasteiger partial charge in [0.15, 0.2) is 0 Å². The first-order valence-electron chi connectivity index (χ1n) is 10.2. The van der Waals surface area contributed by atoms with Crippen LogP contribution in [0.15, 0.2) is 0 Å². The van der Waals surface area contributed by atoms with Crippen molar-refractivity contribution in [1.29, 1.82) is 0 Å². The van der Waals surface area contributed by atoms with Crippen LogP contribution in [0.4, 0.5) is 0 Å². The number of carbonyl (C=O) groups is 5. The van der Waals surface area contributed by atoms with Gasteiger partial charge in [0.25, 0.3) is 0 Å². The fraction of sp³-hybridized carbons (Fsp3) is 0.737. The predicted octanol–water partition coefficient (Wildman–Crippen LogP) is -1.31. The quantitative estimate of drug-likeness (QED) is 0.271. The molecule has 11 heteroatoms. The zero-order valence-corrected chi connectivity index (χ0v) is 17.7. The number of aliphatic carboxylic acids is 1. The molecule has 0 spiro atoms. The molecule has 1 saturated heterocycles. The third-order valence-corrected chi connectivity index (χ3v) is 5.42. The van der Waals surface area contributed by atoms with E-state index in [2.05, 4.69) is 10.6 Å². The molecule has 30 heavy (non-hydrogen) atoms. The summed E-state index contributed by atoms with van der Waals surface area (Å²) in [5, 5.41) is 14.3. The molecule has 1 aliphatic heterocycles. The number of rotatable bonds is 11. The van der Waals surface area contributed by atoms with Crippen LogP contribution in [0.5, 0.6) is 0 Å². The standard InChI is InChI=1S/C19H33N5O6/c1-4-10(2)15(21)17(27)23-12(7-8-14(20)25)16(26)22-11(3)18(28)24-9-5-6-13(24)19(29)30/h10-13,15H,4-9,21H2,1-3H3,(H2,20,25)(H,22,26)(H,23,27)(H,29,30). The van der Waals surface area contributed by atoms with Gasteiger partial charge in [-0.15, -0.1) is 0 Å². The van der Waals surface area contributed by atoms with E-state index in [1.54, 1.807) is 6.92 Å². The zero-order valence-electron chi connectivity index (χ0n) is 17.7. The van der Waals surface area contributed by atoms with Crippen LogP contribution in [0.2, 0.25) is 0 Å². The van der Waals surface area contributed by atoms with Crippen molar-refractivity contribution in [2.75, 3.05) is 6.54 Å². The highest BCUT2D eigenvalue weighted by atomic mass is 16.4. The largest absolute Gasteiger partial charge is 0.480 e. The van der Waals surface area contributed by atoms with Gasteiger partial charge in [0.2, 0.25) is 23.6 Å². The van der Waals surface area contributed by atoms with Crippen LogP contribution >= 0.6 is 0 Å². The summed E-state index contributed by atoms with van der Waals surface area (Å²) in [6, 6.07) is -3.87. The maximum atomic E-state index is 12.7. The molecular weight excluding hydrogens is 394 g/mol. The minimum atomic E-state index is -1.11. The monoisotopic (exact) mass is 427 g/mol. The fourth-order valence-electron chi connectivity index (χ4n) is 3.25. The molecule has 0 saturated carbocycles. The summed E-state index contributed by atoms with van der Waals surface area (Å²) in [5.41, 5.74) is 11.1. The highest BCUT2D eigenvalue weighted by Crippen LogP contribution is 2.18. The first-order chi connectivity index (χ1) is 14.0. The van der Waals surface area contributed by atoms with E-state index in [0.29, 0.717) is 25.8 Å². The summed E-state index contributed by atoms with van der Waals surface area (Å²) in [6.45, 7) is 5.42. The van der Waals surface area contributed by atoms with Crippen molar-refractivity contribution in [3.8, 4) is 0 Å². The number of amides is 4. The number of carboxylic acid groups (broad SMARTS) is 1. The molecule has 5 unspecified atom stereocenters. The van der Waals surface area contributed by atoms with Crippen molar-refractivity contribution in [3.63, 3.8) is 0 Å². The Morgan fingerprint density at radius 2 is 1.77 bits per heavy atom. The second kappa shape index (κ2) is 11.5. The van der Waals surface area contributed by atoms with Gasteiger partial charge >= 0.3 is 5.97 Å².